The Hall–Kier alpha value is -1.67. The highest BCUT2D eigenvalue weighted by Gasteiger charge is 2.17. The Morgan fingerprint density at radius 3 is 2.65 bits per heavy atom. The lowest BCUT2D eigenvalue weighted by Gasteiger charge is -2.07. The predicted octanol–water partition coefficient (Wildman–Crippen LogP) is 1.46. The third-order valence-electron chi connectivity index (χ3n) is 2.52. The maximum atomic E-state index is 11.2. The SMILES string of the molecule is CS(=O)(=O)CCSc1c(C(=O)O)nnc2ccccc12. The van der Waals surface area contributed by atoms with Gasteiger partial charge in [0.25, 0.3) is 0 Å². The zero-order valence-electron chi connectivity index (χ0n) is 10.6. The summed E-state index contributed by atoms with van der Waals surface area (Å²) in [4.78, 5) is 11.6. The number of carbonyl (C=O) groups is 1. The first-order valence-electron chi connectivity index (χ1n) is 5.68. The van der Waals surface area contributed by atoms with Crippen LogP contribution in [0.5, 0.6) is 0 Å². The fourth-order valence-electron chi connectivity index (χ4n) is 1.61. The van der Waals surface area contributed by atoms with E-state index in [1.807, 2.05) is 0 Å². The van der Waals surface area contributed by atoms with Crippen molar-refractivity contribution in [2.75, 3.05) is 17.8 Å². The van der Waals surface area contributed by atoms with Crippen molar-refractivity contribution in [3.05, 3.63) is 30.0 Å². The highest BCUT2D eigenvalue weighted by atomic mass is 32.2. The monoisotopic (exact) mass is 312 g/mol. The molecule has 0 saturated carbocycles. The quantitative estimate of drug-likeness (QED) is 0.835. The van der Waals surface area contributed by atoms with E-state index in [1.54, 1.807) is 24.3 Å². The van der Waals surface area contributed by atoms with Gasteiger partial charge in [-0.05, 0) is 6.07 Å². The summed E-state index contributed by atoms with van der Waals surface area (Å²) in [5, 5.41) is 17.4. The molecule has 106 valence electrons. The second-order valence-electron chi connectivity index (χ2n) is 4.18. The number of sulfone groups is 1. The number of carboxylic acid groups (broad SMARTS) is 1. The maximum Gasteiger partial charge on any atom is 0.357 e. The molecule has 0 radical (unpaired) electrons. The first kappa shape index (κ1) is 14.7. The Labute approximate surface area is 120 Å². The molecular formula is C12H12N2O4S2. The first-order valence-corrected chi connectivity index (χ1v) is 8.72. The molecule has 0 aliphatic rings. The van der Waals surface area contributed by atoms with Gasteiger partial charge in [-0.3, -0.25) is 0 Å². The number of rotatable bonds is 5. The van der Waals surface area contributed by atoms with E-state index in [9.17, 15) is 13.2 Å². The molecule has 20 heavy (non-hydrogen) atoms. The van der Waals surface area contributed by atoms with Crippen LogP contribution in [0.15, 0.2) is 29.2 Å². The Kier molecular flexibility index (Phi) is 4.24. The molecule has 0 aliphatic heterocycles. The van der Waals surface area contributed by atoms with Crippen molar-refractivity contribution in [1.82, 2.24) is 10.2 Å². The molecule has 1 heterocycles. The molecule has 6 nitrogen and oxygen atoms in total. The van der Waals surface area contributed by atoms with Crippen molar-refractivity contribution in [1.29, 1.82) is 0 Å². The van der Waals surface area contributed by atoms with E-state index in [0.717, 1.165) is 6.26 Å². The summed E-state index contributed by atoms with van der Waals surface area (Å²) >= 11 is 1.17. The number of nitrogens with zero attached hydrogens (tertiary/aromatic N) is 2. The number of carboxylic acids is 1. The predicted molar refractivity (Wildman–Crippen MR) is 76.9 cm³/mol. The Morgan fingerprint density at radius 1 is 1.30 bits per heavy atom. The number of hydrogen-bond donors (Lipinski definition) is 1. The maximum absolute atomic E-state index is 11.2. The summed E-state index contributed by atoms with van der Waals surface area (Å²) in [5.74, 6) is -0.924. The smallest absolute Gasteiger partial charge is 0.357 e. The number of hydrogen-bond acceptors (Lipinski definition) is 6. The van der Waals surface area contributed by atoms with E-state index in [0.29, 0.717) is 15.8 Å². The average molecular weight is 312 g/mol. The molecule has 8 heteroatoms. The zero-order chi connectivity index (χ0) is 14.8. The van der Waals surface area contributed by atoms with Crippen LogP contribution in [0.4, 0.5) is 0 Å². The molecule has 0 aliphatic carbocycles. The van der Waals surface area contributed by atoms with Crippen LogP contribution in [-0.2, 0) is 9.84 Å². The van der Waals surface area contributed by atoms with Crippen LogP contribution in [0.1, 0.15) is 10.5 Å². The highest BCUT2D eigenvalue weighted by Crippen LogP contribution is 2.29. The van der Waals surface area contributed by atoms with E-state index in [1.165, 1.54) is 11.8 Å². The van der Waals surface area contributed by atoms with Crippen LogP contribution in [0.25, 0.3) is 10.9 Å². The van der Waals surface area contributed by atoms with Gasteiger partial charge in [-0.1, -0.05) is 18.2 Å². The summed E-state index contributed by atoms with van der Waals surface area (Å²) in [6, 6.07) is 7.03. The van der Waals surface area contributed by atoms with Gasteiger partial charge in [-0.25, -0.2) is 13.2 Å². The van der Waals surface area contributed by atoms with Gasteiger partial charge in [0.05, 0.1) is 16.2 Å². The summed E-state index contributed by atoms with van der Waals surface area (Å²) in [6.45, 7) is 0. The van der Waals surface area contributed by atoms with Crippen molar-refractivity contribution in [2.24, 2.45) is 0 Å². The molecule has 0 fully saturated rings. The minimum absolute atomic E-state index is 0.0205. The number of thioether (sulfide) groups is 1. The average Bonchev–Trinajstić information content (AvgIpc) is 2.37. The van der Waals surface area contributed by atoms with Crippen LogP contribution in [0.3, 0.4) is 0 Å². The summed E-state index contributed by atoms with van der Waals surface area (Å²) in [5.41, 5.74) is 0.432. The van der Waals surface area contributed by atoms with Crippen molar-refractivity contribution in [3.8, 4) is 0 Å². The summed E-state index contributed by atoms with van der Waals surface area (Å²) in [6.07, 6.45) is 1.15. The van der Waals surface area contributed by atoms with Crippen LogP contribution in [-0.4, -0.2) is 47.5 Å². The summed E-state index contributed by atoms with van der Waals surface area (Å²) in [7, 11) is -3.08. The van der Waals surface area contributed by atoms with Crippen molar-refractivity contribution in [2.45, 2.75) is 4.90 Å². The van der Waals surface area contributed by atoms with Gasteiger partial charge in [-0.2, -0.15) is 0 Å². The van der Waals surface area contributed by atoms with E-state index in [-0.39, 0.29) is 17.2 Å². The van der Waals surface area contributed by atoms with Crippen LogP contribution in [0.2, 0.25) is 0 Å². The lowest BCUT2D eigenvalue weighted by Crippen LogP contribution is -2.08. The standard InChI is InChI=1S/C12H12N2O4S2/c1-20(17,18)7-6-19-11-8-4-2-3-5-9(8)13-14-10(11)12(15)16/h2-5H,6-7H2,1H3,(H,15,16). The van der Waals surface area contributed by atoms with Gasteiger partial charge in [0.1, 0.15) is 9.84 Å². The van der Waals surface area contributed by atoms with Gasteiger partial charge in [0, 0.05) is 17.4 Å². The molecule has 0 unspecified atom stereocenters. The van der Waals surface area contributed by atoms with Gasteiger partial charge < -0.3 is 5.11 Å². The lowest BCUT2D eigenvalue weighted by molar-refractivity contribution is 0.0685. The van der Waals surface area contributed by atoms with Gasteiger partial charge >= 0.3 is 5.97 Å². The Balaban J connectivity index is 2.42. The third kappa shape index (κ3) is 3.45. The van der Waals surface area contributed by atoms with Crippen LogP contribution in [0, 0.1) is 0 Å². The van der Waals surface area contributed by atoms with Crippen molar-refractivity contribution < 1.29 is 18.3 Å². The van der Waals surface area contributed by atoms with E-state index >= 15 is 0 Å². The molecule has 1 aromatic heterocycles. The fourth-order valence-corrected chi connectivity index (χ4v) is 3.95. The third-order valence-corrected chi connectivity index (χ3v) is 4.84. The zero-order valence-corrected chi connectivity index (χ0v) is 12.2. The lowest BCUT2D eigenvalue weighted by atomic mass is 10.2. The van der Waals surface area contributed by atoms with Crippen molar-refractivity contribution >= 4 is 38.5 Å². The molecule has 0 spiro atoms. The van der Waals surface area contributed by atoms with Crippen molar-refractivity contribution in [3.63, 3.8) is 0 Å². The second-order valence-corrected chi connectivity index (χ2v) is 7.54. The second kappa shape index (κ2) is 5.76. The largest absolute Gasteiger partial charge is 0.476 e. The number of benzene rings is 1. The molecular weight excluding hydrogens is 300 g/mol. The van der Waals surface area contributed by atoms with E-state index in [4.69, 9.17) is 5.11 Å². The van der Waals surface area contributed by atoms with Gasteiger partial charge in [-0.15, -0.1) is 22.0 Å². The molecule has 2 aromatic rings. The van der Waals surface area contributed by atoms with Gasteiger partial charge in [0.15, 0.2) is 5.69 Å². The molecule has 0 atom stereocenters. The first-order chi connectivity index (χ1) is 9.38. The highest BCUT2D eigenvalue weighted by molar-refractivity contribution is 8.00. The minimum Gasteiger partial charge on any atom is -0.476 e. The molecule has 1 N–H and O–H groups in total. The fraction of sp³-hybridized carbons (Fsp3) is 0.250. The van der Waals surface area contributed by atoms with Gasteiger partial charge in [0.2, 0.25) is 0 Å². The molecule has 0 saturated heterocycles. The Morgan fingerprint density at radius 2 is 2.00 bits per heavy atom. The van der Waals surface area contributed by atoms with E-state index < -0.39 is 15.8 Å². The van der Waals surface area contributed by atoms with Crippen LogP contribution >= 0.6 is 11.8 Å². The topological polar surface area (TPSA) is 97.2 Å². The molecule has 2 rings (SSSR count). The number of aromatic nitrogens is 2. The molecule has 1 aromatic carbocycles. The van der Waals surface area contributed by atoms with E-state index in [2.05, 4.69) is 10.2 Å². The summed E-state index contributed by atoms with van der Waals surface area (Å²) < 4.78 is 22.3. The molecule has 0 bridgehead atoms. The minimum atomic E-state index is -3.08. The molecule has 0 amide bonds. The van der Waals surface area contributed by atoms with Crippen LogP contribution < -0.4 is 0 Å². The Bertz CT molecular complexity index is 759. The number of fused-ring (bicyclic) bond motifs is 1. The number of aromatic carboxylic acids is 1. The normalized spacial score (nSPS) is 11.7.